The number of likely N-dealkylation sites (tertiary alicyclic amines) is 1. The summed E-state index contributed by atoms with van der Waals surface area (Å²) in [7, 11) is 0. The van der Waals surface area contributed by atoms with Gasteiger partial charge in [-0.1, -0.05) is 25.0 Å². The summed E-state index contributed by atoms with van der Waals surface area (Å²) in [6.45, 7) is 9.64. The summed E-state index contributed by atoms with van der Waals surface area (Å²) >= 11 is 0. The average molecular weight is 341 g/mol. The summed E-state index contributed by atoms with van der Waals surface area (Å²) in [6.07, 6.45) is 5.36. The predicted molar refractivity (Wildman–Crippen MR) is 104 cm³/mol. The maximum absolute atomic E-state index is 12.7. The Balaban J connectivity index is 1.65. The van der Waals surface area contributed by atoms with Crippen LogP contribution in [0.3, 0.4) is 0 Å². The third-order valence-electron chi connectivity index (χ3n) is 5.40. The zero-order valence-corrected chi connectivity index (χ0v) is 15.8. The van der Waals surface area contributed by atoms with Crippen molar-refractivity contribution in [2.75, 3.05) is 19.6 Å². The van der Waals surface area contributed by atoms with Gasteiger partial charge in [-0.2, -0.15) is 0 Å². The largest absolute Gasteiger partial charge is 0.358 e. The van der Waals surface area contributed by atoms with E-state index in [-0.39, 0.29) is 11.9 Å². The number of aromatic amines is 1. The fourth-order valence-electron chi connectivity index (χ4n) is 3.89. The van der Waals surface area contributed by atoms with Crippen LogP contribution in [0.1, 0.15) is 49.4 Å². The van der Waals surface area contributed by atoms with E-state index in [9.17, 15) is 4.79 Å². The molecule has 0 aliphatic carbocycles. The standard InChI is InChI=1S/C21H31N3O/c1-4-17(14-24-10-6-5-7-11-24)23-21(25)13-18-16(3)22-20-9-8-15(2)12-19(18)20/h8-9,12,17,22H,4-7,10-11,13-14H2,1-3H3,(H,23,25)/t17-/m0/s1. The second-order valence-electron chi connectivity index (χ2n) is 7.49. The number of nitrogens with one attached hydrogen (secondary N) is 2. The summed E-state index contributed by atoms with van der Waals surface area (Å²) in [5.41, 5.74) is 4.57. The van der Waals surface area contributed by atoms with Crippen molar-refractivity contribution in [1.29, 1.82) is 0 Å². The van der Waals surface area contributed by atoms with Gasteiger partial charge >= 0.3 is 0 Å². The Morgan fingerprint density at radius 2 is 2.00 bits per heavy atom. The van der Waals surface area contributed by atoms with Crippen LogP contribution in [0.5, 0.6) is 0 Å². The van der Waals surface area contributed by atoms with Crippen LogP contribution in [0.25, 0.3) is 10.9 Å². The van der Waals surface area contributed by atoms with Gasteiger partial charge in [0.15, 0.2) is 0 Å². The fraction of sp³-hybridized carbons (Fsp3) is 0.571. The number of aromatic nitrogens is 1. The molecule has 25 heavy (non-hydrogen) atoms. The van der Waals surface area contributed by atoms with Gasteiger partial charge in [0, 0.05) is 29.2 Å². The van der Waals surface area contributed by atoms with Crippen molar-refractivity contribution in [2.45, 2.75) is 58.9 Å². The lowest BCUT2D eigenvalue weighted by molar-refractivity contribution is -0.121. The van der Waals surface area contributed by atoms with Crippen LogP contribution in [0.4, 0.5) is 0 Å². The molecule has 1 aromatic carbocycles. The second kappa shape index (κ2) is 8.05. The van der Waals surface area contributed by atoms with E-state index in [1.807, 2.05) is 0 Å². The topological polar surface area (TPSA) is 48.1 Å². The van der Waals surface area contributed by atoms with Crippen LogP contribution in [-0.4, -0.2) is 41.5 Å². The van der Waals surface area contributed by atoms with Gasteiger partial charge in [0.05, 0.1) is 6.42 Å². The Morgan fingerprint density at radius 1 is 1.24 bits per heavy atom. The van der Waals surface area contributed by atoms with Crippen LogP contribution in [0, 0.1) is 13.8 Å². The van der Waals surface area contributed by atoms with E-state index in [0.29, 0.717) is 6.42 Å². The van der Waals surface area contributed by atoms with Gasteiger partial charge in [-0.05, 0) is 63.9 Å². The minimum absolute atomic E-state index is 0.134. The van der Waals surface area contributed by atoms with Crippen molar-refractivity contribution in [3.05, 3.63) is 35.0 Å². The van der Waals surface area contributed by atoms with Crippen LogP contribution < -0.4 is 5.32 Å². The number of benzene rings is 1. The maximum Gasteiger partial charge on any atom is 0.224 e. The Bertz CT molecular complexity index is 728. The molecule has 1 fully saturated rings. The third-order valence-corrected chi connectivity index (χ3v) is 5.40. The highest BCUT2D eigenvalue weighted by atomic mass is 16.1. The molecule has 2 heterocycles. The number of carbonyl (C=O) groups is 1. The number of hydrogen-bond donors (Lipinski definition) is 2. The fourth-order valence-corrected chi connectivity index (χ4v) is 3.89. The van der Waals surface area contributed by atoms with Crippen molar-refractivity contribution < 1.29 is 4.79 Å². The minimum Gasteiger partial charge on any atom is -0.358 e. The van der Waals surface area contributed by atoms with Gasteiger partial charge < -0.3 is 15.2 Å². The van der Waals surface area contributed by atoms with Gasteiger partial charge in [0.2, 0.25) is 5.91 Å². The second-order valence-corrected chi connectivity index (χ2v) is 7.49. The Morgan fingerprint density at radius 3 is 2.72 bits per heavy atom. The van der Waals surface area contributed by atoms with Crippen molar-refractivity contribution >= 4 is 16.8 Å². The normalized spacial score (nSPS) is 16.9. The molecule has 0 unspecified atom stereocenters. The SMILES string of the molecule is CC[C@@H](CN1CCCCC1)NC(=O)Cc1c(C)[nH]c2ccc(C)cc12. The summed E-state index contributed by atoms with van der Waals surface area (Å²) in [6, 6.07) is 6.63. The molecule has 1 saturated heterocycles. The molecule has 2 N–H and O–H groups in total. The summed E-state index contributed by atoms with van der Waals surface area (Å²) < 4.78 is 0. The first-order valence-corrected chi connectivity index (χ1v) is 9.66. The van der Waals surface area contributed by atoms with E-state index in [0.717, 1.165) is 29.7 Å². The molecular weight excluding hydrogens is 310 g/mol. The zero-order valence-electron chi connectivity index (χ0n) is 15.8. The monoisotopic (exact) mass is 341 g/mol. The van der Waals surface area contributed by atoms with Crippen LogP contribution in [-0.2, 0) is 11.2 Å². The van der Waals surface area contributed by atoms with Crippen molar-refractivity contribution in [3.63, 3.8) is 0 Å². The third kappa shape index (κ3) is 4.43. The average Bonchev–Trinajstić information content (AvgIpc) is 2.90. The molecule has 136 valence electrons. The predicted octanol–water partition coefficient (Wildman–Crippen LogP) is 3.71. The minimum atomic E-state index is 0.134. The number of nitrogens with zero attached hydrogens (tertiary/aromatic N) is 1. The van der Waals surface area contributed by atoms with Crippen LogP contribution in [0.2, 0.25) is 0 Å². The molecule has 3 rings (SSSR count). The molecule has 1 atom stereocenters. The molecule has 4 nitrogen and oxygen atoms in total. The van der Waals surface area contributed by atoms with E-state index in [1.165, 1.54) is 43.3 Å². The number of piperidine rings is 1. The lowest BCUT2D eigenvalue weighted by Crippen LogP contribution is -2.45. The summed E-state index contributed by atoms with van der Waals surface area (Å²) in [5, 5.41) is 4.44. The first-order chi connectivity index (χ1) is 12.1. The molecule has 0 bridgehead atoms. The van der Waals surface area contributed by atoms with Gasteiger partial charge in [-0.15, -0.1) is 0 Å². The van der Waals surface area contributed by atoms with Crippen molar-refractivity contribution in [2.24, 2.45) is 0 Å². The zero-order chi connectivity index (χ0) is 17.8. The van der Waals surface area contributed by atoms with Gasteiger partial charge in [-0.25, -0.2) is 0 Å². The highest BCUT2D eigenvalue weighted by Crippen LogP contribution is 2.23. The summed E-state index contributed by atoms with van der Waals surface area (Å²) in [5.74, 6) is 0.134. The summed E-state index contributed by atoms with van der Waals surface area (Å²) in [4.78, 5) is 18.6. The molecule has 4 heteroatoms. The first kappa shape index (κ1) is 18.0. The van der Waals surface area contributed by atoms with E-state index < -0.39 is 0 Å². The van der Waals surface area contributed by atoms with E-state index in [4.69, 9.17) is 0 Å². The van der Waals surface area contributed by atoms with Gasteiger partial charge in [-0.3, -0.25) is 4.79 Å². The van der Waals surface area contributed by atoms with Crippen LogP contribution in [0.15, 0.2) is 18.2 Å². The molecule has 0 saturated carbocycles. The first-order valence-electron chi connectivity index (χ1n) is 9.66. The molecule has 0 spiro atoms. The number of hydrogen-bond acceptors (Lipinski definition) is 2. The van der Waals surface area contributed by atoms with E-state index in [2.05, 4.69) is 54.2 Å². The number of amides is 1. The van der Waals surface area contributed by atoms with Gasteiger partial charge in [0.1, 0.15) is 0 Å². The Hall–Kier alpha value is -1.81. The Kier molecular flexibility index (Phi) is 5.79. The number of H-pyrrole nitrogens is 1. The number of aryl methyl sites for hydroxylation is 2. The molecule has 1 aliphatic rings. The highest BCUT2D eigenvalue weighted by molar-refractivity contribution is 5.90. The molecule has 1 amide bonds. The Labute approximate surface area is 151 Å². The highest BCUT2D eigenvalue weighted by Gasteiger charge is 2.18. The van der Waals surface area contributed by atoms with Crippen molar-refractivity contribution in [1.82, 2.24) is 15.2 Å². The number of rotatable bonds is 6. The molecule has 1 aromatic heterocycles. The molecular formula is C21H31N3O. The lowest BCUT2D eigenvalue weighted by Gasteiger charge is -2.30. The molecule has 1 aliphatic heterocycles. The number of fused-ring (bicyclic) bond motifs is 1. The maximum atomic E-state index is 12.7. The van der Waals surface area contributed by atoms with Crippen LogP contribution >= 0.6 is 0 Å². The van der Waals surface area contributed by atoms with Crippen molar-refractivity contribution in [3.8, 4) is 0 Å². The molecule has 2 aromatic rings. The molecule has 0 radical (unpaired) electrons. The lowest BCUT2D eigenvalue weighted by atomic mass is 10.0. The van der Waals surface area contributed by atoms with E-state index in [1.54, 1.807) is 0 Å². The quantitative estimate of drug-likeness (QED) is 0.841. The van der Waals surface area contributed by atoms with Gasteiger partial charge in [0.25, 0.3) is 0 Å². The number of carbonyl (C=O) groups excluding carboxylic acids is 1. The smallest absolute Gasteiger partial charge is 0.224 e. The van der Waals surface area contributed by atoms with E-state index >= 15 is 0 Å².